The van der Waals surface area contributed by atoms with Crippen molar-refractivity contribution in [3.05, 3.63) is 57.8 Å². The van der Waals surface area contributed by atoms with E-state index < -0.39 is 0 Å². The second kappa shape index (κ2) is 8.35. The lowest BCUT2D eigenvalue weighted by Crippen LogP contribution is -2.28. The lowest BCUT2D eigenvalue weighted by molar-refractivity contribution is 0.447. The van der Waals surface area contributed by atoms with E-state index in [-0.39, 0.29) is 0 Å². The van der Waals surface area contributed by atoms with Gasteiger partial charge in [0.2, 0.25) is 0 Å². The van der Waals surface area contributed by atoms with Crippen LogP contribution in [0.2, 0.25) is 0 Å². The third-order valence-corrected chi connectivity index (χ3v) is 4.60. The van der Waals surface area contributed by atoms with E-state index in [1.165, 1.54) is 22.4 Å². The van der Waals surface area contributed by atoms with Gasteiger partial charge >= 0.3 is 0 Å². The van der Waals surface area contributed by atoms with E-state index in [0.29, 0.717) is 11.8 Å². The Kier molecular flexibility index (Phi) is 6.47. The number of hydrogen-bond donors (Lipinski definition) is 1. The Balaban J connectivity index is 1.95. The summed E-state index contributed by atoms with van der Waals surface area (Å²) in [4.78, 5) is 1.50. The van der Waals surface area contributed by atoms with Crippen LogP contribution in [-0.2, 0) is 12.8 Å². The number of thiophene rings is 1. The van der Waals surface area contributed by atoms with Crippen LogP contribution in [0.15, 0.2) is 41.8 Å². The minimum absolute atomic E-state index is 0.671. The third-order valence-electron chi connectivity index (χ3n) is 3.70. The molecule has 1 heterocycles. The van der Waals surface area contributed by atoms with Crippen LogP contribution in [0.3, 0.4) is 0 Å². The Hall–Kier alpha value is -1.12. The monoisotopic (exact) mass is 301 g/mol. The van der Waals surface area contributed by atoms with Crippen LogP contribution in [-0.4, -0.2) is 13.1 Å². The quantitative estimate of drug-likeness (QED) is 0.745. The molecule has 1 atom stereocenters. The van der Waals surface area contributed by atoms with Gasteiger partial charge in [0.05, 0.1) is 0 Å². The van der Waals surface area contributed by atoms with Crippen molar-refractivity contribution in [2.75, 3.05) is 13.1 Å². The van der Waals surface area contributed by atoms with E-state index in [1.54, 1.807) is 0 Å². The number of nitrogens with one attached hydrogen (secondary N) is 1. The van der Waals surface area contributed by atoms with Crippen LogP contribution in [0.25, 0.3) is 0 Å². The Bertz CT molecular complexity index is 499. The molecule has 114 valence electrons. The van der Waals surface area contributed by atoms with Gasteiger partial charge in [0.25, 0.3) is 0 Å². The summed E-state index contributed by atoms with van der Waals surface area (Å²) in [6.07, 6.45) is 2.33. The number of benzene rings is 1. The first kappa shape index (κ1) is 16.3. The molecule has 2 heteroatoms. The molecule has 1 N–H and O–H groups in total. The predicted molar refractivity (Wildman–Crippen MR) is 94.1 cm³/mol. The molecule has 2 aromatic rings. The van der Waals surface area contributed by atoms with Crippen molar-refractivity contribution in [3.63, 3.8) is 0 Å². The number of hydrogen-bond acceptors (Lipinski definition) is 2. The maximum absolute atomic E-state index is 3.63. The van der Waals surface area contributed by atoms with Gasteiger partial charge in [-0.1, -0.05) is 49.7 Å². The first-order chi connectivity index (χ1) is 10.1. The van der Waals surface area contributed by atoms with Gasteiger partial charge in [0.1, 0.15) is 0 Å². The lowest BCUT2D eigenvalue weighted by Gasteiger charge is -2.18. The van der Waals surface area contributed by atoms with Gasteiger partial charge in [-0.3, -0.25) is 0 Å². The van der Waals surface area contributed by atoms with Gasteiger partial charge in [-0.05, 0) is 61.7 Å². The Morgan fingerprint density at radius 3 is 2.38 bits per heavy atom. The smallest absolute Gasteiger partial charge is 0.00485 e. The second-order valence-electron chi connectivity index (χ2n) is 6.39. The molecule has 1 aromatic carbocycles. The molecular weight excluding hydrogens is 274 g/mol. The highest BCUT2D eigenvalue weighted by atomic mass is 32.1. The van der Waals surface area contributed by atoms with Crippen LogP contribution < -0.4 is 5.32 Å². The third kappa shape index (κ3) is 6.03. The summed E-state index contributed by atoms with van der Waals surface area (Å²) in [5.74, 6) is 1.39. The van der Waals surface area contributed by atoms with Crippen LogP contribution in [0, 0.1) is 18.8 Å². The SMILES string of the molecule is Cc1ccc(CC(CNCC(C)C)Cc2cccs2)cc1. The lowest BCUT2D eigenvalue weighted by atomic mass is 9.94. The largest absolute Gasteiger partial charge is 0.316 e. The molecule has 2 rings (SSSR count). The zero-order valence-corrected chi connectivity index (χ0v) is 14.2. The zero-order valence-electron chi connectivity index (χ0n) is 13.4. The Labute approximate surface area is 133 Å². The fourth-order valence-corrected chi connectivity index (χ4v) is 3.38. The molecule has 0 fully saturated rings. The van der Waals surface area contributed by atoms with E-state index in [2.05, 4.69) is 67.9 Å². The van der Waals surface area contributed by atoms with Crippen molar-refractivity contribution in [2.24, 2.45) is 11.8 Å². The van der Waals surface area contributed by atoms with Crippen molar-refractivity contribution in [2.45, 2.75) is 33.6 Å². The zero-order chi connectivity index (χ0) is 15.1. The van der Waals surface area contributed by atoms with E-state index in [0.717, 1.165) is 19.5 Å². The van der Waals surface area contributed by atoms with Crippen molar-refractivity contribution in [3.8, 4) is 0 Å². The summed E-state index contributed by atoms with van der Waals surface area (Å²) in [6, 6.07) is 13.4. The molecule has 0 amide bonds. The molecule has 0 aliphatic carbocycles. The molecule has 0 radical (unpaired) electrons. The van der Waals surface area contributed by atoms with Gasteiger partial charge < -0.3 is 5.32 Å². The molecule has 0 saturated heterocycles. The Morgan fingerprint density at radius 2 is 1.76 bits per heavy atom. The van der Waals surface area contributed by atoms with Gasteiger partial charge in [-0.25, -0.2) is 0 Å². The van der Waals surface area contributed by atoms with Crippen LogP contribution in [0.1, 0.15) is 29.9 Å². The minimum atomic E-state index is 0.671. The molecular formula is C19H27NS. The van der Waals surface area contributed by atoms with Crippen LogP contribution in [0.4, 0.5) is 0 Å². The van der Waals surface area contributed by atoms with Crippen molar-refractivity contribution < 1.29 is 0 Å². The molecule has 0 saturated carbocycles. The predicted octanol–water partition coefficient (Wildman–Crippen LogP) is 4.70. The summed E-state index contributed by atoms with van der Waals surface area (Å²) in [6.45, 7) is 8.89. The normalized spacial score (nSPS) is 12.8. The summed E-state index contributed by atoms with van der Waals surface area (Å²) in [7, 11) is 0. The Morgan fingerprint density at radius 1 is 1.00 bits per heavy atom. The average molecular weight is 301 g/mol. The molecule has 0 spiro atoms. The van der Waals surface area contributed by atoms with Gasteiger partial charge in [-0.15, -0.1) is 11.3 Å². The molecule has 0 aliphatic heterocycles. The van der Waals surface area contributed by atoms with Gasteiger partial charge in [0, 0.05) is 4.88 Å². The molecule has 1 unspecified atom stereocenters. The molecule has 1 aromatic heterocycles. The molecule has 0 bridgehead atoms. The van der Waals surface area contributed by atoms with Crippen LogP contribution >= 0.6 is 11.3 Å². The van der Waals surface area contributed by atoms with Gasteiger partial charge in [-0.2, -0.15) is 0 Å². The van der Waals surface area contributed by atoms with E-state index in [9.17, 15) is 0 Å². The number of aryl methyl sites for hydroxylation is 1. The van der Waals surface area contributed by atoms with Crippen molar-refractivity contribution in [1.29, 1.82) is 0 Å². The topological polar surface area (TPSA) is 12.0 Å². The fourth-order valence-electron chi connectivity index (χ4n) is 2.56. The van der Waals surface area contributed by atoms with Gasteiger partial charge in [0.15, 0.2) is 0 Å². The van der Waals surface area contributed by atoms with E-state index in [4.69, 9.17) is 0 Å². The first-order valence-electron chi connectivity index (χ1n) is 7.92. The number of rotatable bonds is 8. The highest BCUT2D eigenvalue weighted by Crippen LogP contribution is 2.18. The standard InChI is InChI=1S/C19H27NS/c1-15(2)13-20-14-18(12-19-5-4-10-21-19)11-17-8-6-16(3)7-9-17/h4-10,15,18,20H,11-14H2,1-3H3. The first-order valence-corrected chi connectivity index (χ1v) is 8.80. The average Bonchev–Trinajstić information content (AvgIpc) is 2.94. The summed E-state index contributed by atoms with van der Waals surface area (Å²) in [5.41, 5.74) is 2.79. The highest BCUT2D eigenvalue weighted by molar-refractivity contribution is 7.09. The maximum Gasteiger partial charge on any atom is 0.00485 e. The highest BCUT2D eigenvalue weighted by Gasteiger charge is 2.12. The van der Waals surface area contributed by atoms with Crippen LogP contribution in [0.5, 0.6) is 0 Å². The summed E-state index contributed by atoms with van der Waals surface area (Å²) >= 11 is 1.88. The molecule has 21 heavy (non-hydrogen) atoms. The van der Waals surface area contributed by atoms with E-state index in [1.807, 2.05) is 11.3 Å². The summed E-state index contributed by atoms with van der Waals surface area (Å²) in [5, 5.41) is 5.81. The fraction of sp³-hybridized carbons (Fsp3) is 0.474. The molecule has 0 aliphatic rings. The minimum Gasteiger partial charge on any atom is -0.316 e. The van der Waals surface area contributed by atoms with E-state index >= 15 is 0 Å². The van der Waals surface area contributed by atoms with Crippen molar-refractivity contribution >= 4 is 11.3 Å². The summed E-state index contributed by atoms with van der Waals surface area (Å²) < 4.78 is 0. The molecule has 1 nitrogen and oxygen atoms in total. The van der Waals surface area contributed by atoms with Crippen molar-refractivity contribution in [1.82, 2.24) is 5.32 Å². The second-order valence-corrected chi connectivity index (χ2v) is 7.42. The maximum atomic E-state index is 3.63.